The highest BCUT2D eigenvalue weighted by molar-refractivity contribution is 5.94. The highest BCUT2D eigenvalue weighted by atomic mass is 16.1. The van der Waals surface area contributed by atoms with Crippen LogP contribution in [0, 0.1) is 0 Å². The Kier molecular flexibility index (Phi) is 1.90. The van der Waals surface area contributed by atoms with Crippen LogP contribution in [-0.4, -0.2) is 11.8 Å². The Balaban J connectivity index is 2.80. The van der Waals surface area contributed by atoms with Crippen molar-refractivity contribution in [2.75, 3.05) is 0 Å². The maximum Gasteiger partial charge on any atom is 0.157 e. The molecule has 54 valence electrons. The first-order valence-corrected chi connectivity index (χ1v) is 3.35. The van der Waals surface area contributed by atoms with Gasteiger partial charge in [0.2, 0.25) is 0 Å². The Bertz CT molecular complexity index is 203. The zero-order valence-electron chi connectivity index (χ0n) is 6.22. The summed E-state index contributed by atoms with van der Waals surface area (Å²) >= 11 is 0. The highest BCUT2D eigenvalue weighted by Crippen LogP contribution is 2.06. The van der Waals surface area contributed by atoms with E-state index in [0.29, 0.717) is 0 Å². The topological polar surface area (TPSA) is 29.1 Å². The monoisotopic (exact) mass is 137 g/mol. The van der Waals surface area contributed by atoms with Gasteiger partial charge in [0.25, 0.3) is 0 Å². The lowest BCUT2D eigenvalue weighted by molar-refractivity contribution is -0.113. The number of dihydropyridines is 1. The molecule has 1 atom stereocenters. The van der Waals surface area contributed by atoms with Crippen molar-refractivity contribution in [3.05, 3.63) is 23.9 Å². The van der Waals surface area contributed by atoms with Crippen molar-refractivity contribution in [1.82, 2.24) is 5.32 Å². The van der Waals surface area contributed by atoms with Gasteiger partial charge in [-0.15, -0.1) is 0 Å². The molecular weight excluding hydrogens is 126 g/mol. The standard InChI is InChI=1S/C8H11NO/c1-6-8(7(2)10)4-3-5-9-6/h3-6,9H,1-2H3/t6-/m1/s1. The van der Waals surface area contributed by atoms with E-state index in [2.05, 4.69) is 5.32 Å². The molecule has 0 bridgehead atoms. The summed E-state index contributed by atoms with van der Waals surface area (Å²) in [5.74, 6) is 0.143. The Hall–Kier alpha value is -1.05. The molecule has 0 aromatic heterocycles. The maximum absolute atomic E-state index is 10.9. The second-order valence-corrected chi connectivity index (χ2v) is 2.43. The van der Waals surface area contributed by atoms with Gasteiger partial charge < -0.3 is 5.32 Å². The smallest absolute Gasteiger partial charge is 0.157 e. The molecule has 0 radical (unpaired) electrons. The Morgan fingerprint density at radius 3 is 2.80 bits per heavy atom. The van der Waals surface area contributed by atoms with E-state index < -0.39 is 0 Å². The third-order valence-corrected chi connectivity index (χ3v) is 1.59. The van der Waals surface area contributed by atoms with Crippen molar-refractivity contribution in [2.24, 2.45) is 0 Å². The average Bonchev–Trinajstić information content (AvgIpc) is 1.88. The number of ketones is 1. The van der Waals surface area contributed by atoms with Crippen molar-refractivity contribution in [3.8, 4) is 0 Å². The molecular formula is C8H11NO. The van der Waals surface area contributed by atoms with Gasteiger partial charge in [-0.2, -0.15) is 0 Å². The van der Waals surface area contributed by atoms with Crippen molar-refractivity contribution in [2.45, 2.75) is 19.9 Å². The van der Waals surface area contributed by atoms with Gasteiger partial charge in [-0.05, 0) is 26.1 Å². The normalized spacial score (nSPS) is 23.4. The molecule has 0 aromatic carbocycles. The fourth-order valence-corrected chi connectivity index (χ4v) is 1.01. The van der Waals surface area contributed by atoms with Crippen LogP contribution in [0.5, 0.6) is 0 Å². The van der Waals surface area contributed by atoms with Gasteiger partial charge in [-0.25, -0.2) is 0 Å². The minimum atomic E-state index is 0.143. The lowest BCUT2D eigenvalue weighted by Gasteiger charge is -2.16. The number of allylic oxidation sites excluding steroid dienone is 2. The Morgan fingerprint density at radius 2 is 2.40 bits per heavy atom. The molecule has 1 aliphatic rings. The van der Waals surface area contributed by atoms with Crippen LogP contribution in [-0.2, 0) is 4.79 Å². The van der Waals surface area contributed by atoms with Crippen molar-refractivity contribution in [1.29, 1.82) is 0 Å². The van der Waals surface area contributed by atoms with Crippen LogP contribution in [0.25, 0.3) is 0 Å². The van der Waals surface area contributed by atoms with Crippen LogP contribution in [0.4, 0.5) is 0 Å². The highest BCUT2D eigenvalue weighted by Gasteiger charge is 2.12. The van der Waals surface area contributed by atoms with Crippen molar-refractivity contribution in [3.63, 3.8) is 0 Å². The quantitative estimate of drug-likeness (QED) is 0.584. The first kappa shape index (κ1) is 7.06. The summed E-state index contributed by atoms with van der Waals surface area (Å²) in [7, 11) is 0. The molecule has 0 unspecified atom stereocenters. The van der Waals surface area contributed by atoms with Gasteiger partial charge >= 0.3 is 0 Å². The van der Waals surface area contributed by atoms with Gasteiger partial charge in [0.1, 0.15) is 0 Å². The van der Waals surface area contributed by atoms with Crippen LogP contribution in [0.15, 0.2) is 23.9 Å². The first-order chi connectivity index (χ1) is 4.72. The van der Waals surface area contributed by atoms with Crippen molar-refractivity contribution < 1.29 is 4.79 Å². The average molecular weight is 137 g/mol. The molecule has 1 heterocycles. The predicted octanol–water partition coefficient (Wildman–Crippen LogP) is 1.01. The summed E-state index contributed by atoms with van der Waals surface area (Å²) in [6.45, 7) is 3.56. The Morgan fingerprint density at radius 1 is 1.70 bits per heavy atom. The van der Waals surface area contributed by atoms with Gasteiger partial charge in [0, 0.05) is 5.57 Å². The van der Waals surface area contributed by atoms with E-state index in [1.807, 2.05) is 25.3 Å². The van der Waals surface area contributed by atoms with E-state index in [1.165, 1.54) is 0 Å². The van der Waals surface area contributed by atoms with Crippen LogP contribution >= 0.6 is 0 Å². The SMILES string of the molecule is CC(=O)C1=CC=CN[C@@H]1C. The van der Waals surface area contributed by atoms with Crippen LogP contribution in [0.1, 0.15) is 13.8 Å². The Labute approximate surface area is 60.6 Å². The number of Topliss-reactive ketones (excluding diaryl/α,β-unsaturated/α-hetero) is 1. The molecule has 0 saturated carbocycles. The fraction of sp³-hybridized carbons (Fsp3) is 0.375. The molecule has 2 nitrogen and oxygen atoms in total. The predicted molar refractivity (Wildman–Crippen MR) is 40.5 cm³/mol. The molecule has 0 aliphatic carbocycles. The molecule has 0 aromatic rings. The van der Waals surface area contributed by atoms with Gasteiger partial charge in [-0.1, -0.05) is 6.08 Å². The molecule has 10 heavy (non-hydrogen) atoms. The molecule has 0 fully saturated rings. The number of rotatable bonds is 1. The zero-order chi connectivity index (χ0) is 7.56. The zero-order valence-corrected chi connectivity index (χ0v) is 6.22. The number of carbonyl (C=O) groups excluding carboxylic acids is 1. The molecule has 0 spiro atoms. The largest absolute Gasteiger partial charge is 0.384 e. The van der Waals surface area contributed by atoms with E-state index in [0.717, 1.165) is 5.57 Å². The molecule has 0 saturated heterocycles. The van der Waals surface area contributed by atoms with Crippen molar-refractivity contribution >= 4 is 5.78 Å². The number of hydrogen-bond donors (Lipinski definition) is 1. The summed E-state index contributed by atoms with van der Waals surface area (Å²) in [4.78, 5) is 10.9. The summed E-state index contributed by atoms with van der Waals surface area (Å²) in [5, 5.41) is 3.04. The maximum atomic E-state index is 10.9. The van der Waals surface area contributed by atoms with E-state index in [1.54, 1.807) is 6.92 Å². The third-order valence-electron chi connectivity index (χ3n) is 1.59. The van der Waals surface area contributed by atoms with E-state index in [9.17, 15) is 4.79 Å². The van der Waals surface area contributed by atoms with Crippen LogP contribution in [0.2, 0.25) is 0 Å². The second kappa shape index (κ2) is 2.69. The fourth-order valence-electron chi connectivity index (χ4n) is 1.01. The lowest BCUT2D eigenvalue weighted by atomic mass is 10.0. The molecule has 1 aliphatic heterocycles. The number of nitrogens with one attached hydrogen (secondary N) is 1. The van der Waals surface area contributed by atoms with Crippen LogP contribution in [0.3, 0.4) is 0 Å². The summed E-state index contributed by atoms with van der Waals surface area (Å²) in [5.41, 5.74) is 0.850. The molecule has 1 N–H and O–H groups in total. The minimum absolute atomic E-state index is 0.143. The van der Waals surface area contributed by atoms with Gasteiger partial charge in [0.15, 0.2) is 5.78 Å². The molecule has 2 heteroatoms. The van der Waals surface area contributed by atoms with Gasteiger partial charge in [-0.3, -0.25) is 4.79 Å². The first-order valence-electron chi connectivity index (χ1n) is 3.35. The minimum Gasteiger partial charge on any atom is -0.384 e. The van der Waals surface area contributed by atoms with E-state index in [4.69, 9.17) is 0 Å². The summed E-state index contributed by atoms with van der Waals surface area (Å²) in [6, 6.07) is 0.169. The van der Waals surface area contributed by atoms with Gasteiger partial charge in [0.05, 0.1) is 6.04 Å². The lowest BCUT2D eigenvalue weighted by Crippen LogP contribution is -2.28. The van der Waals surface area contributed by atoms with E-state index >= 15 is 0 Å². The molecule has 1 rings (SSSR count). The number of hydrogen-bond acceptors (Lipinski definition) is 2. The third kappa shape index (κ3) is 1.26. The van der Waals surface area contributed by atoms with Crippen LogP contribution < -0.4 is 5.32 Å². The summed E-state index contributed by atoms with van der Waals surface area (Å²) in [6.07, 6.45) is 5.54. The summed E-state index contributed by atoms with van der Waals surface area (Å²) < 4.78 is 0. The number of carbonyl (C=O) groups is 1. The van der Waals surface area contributed by atoms with E-state index in [-0.39, 0.29) is 11.8 Å². The molecule has 0 amide bonds. The second-order valence-electron chi connectivity index (χ2n) is 2.43.